The van der Waals surface area contributed by atoms with Crippen LogP contribution >= 0.6 is 23.2 Å². The van der Waals surface area contributed by atoms with Crippen LogP contribution in [0.4, 0.5) is 5.69 Å². The molecule has 7 heteroatoms. The Labute approximate surface area is 158 Å². The second-order valence-electron chi connectivity index (χ2n) is 5.98. The summed E-state index contributed by atoms with van der Waals surface area (Å²) in [7, 11) is -3.98. The van der Waals surface area contributed by atoms with Gasteiger partial charge in [0.25, 0.3) is 10.0 Å². The van der Waals surface area contributed by atoms with E-state index in [0.717, 1.165) is 9.87 Å². The highest BCUT2D eigenvalue weighted by Crippen LogP contribution is 2.29. The minimum absolute atomic E-state index is 0.0367. The van der Waals surface area contributed by atoms with Gasteiger partial charge in [-0.2, -0.15) is 0 Å². The Morgan fingerprint density at radius 2 is 1.48 bits per heavy atom. The Balaban J connectivity index is 2.56. The second-order valence-corrected chi connectivity index (χ2v) is 8.60. The van der Waals surface area contributed by atoms with Crippen LogP contribution in [0.2, 0.25) is 5.02 Å². The topological polar surface area (TPSA) is 54.5 Å². The van der Waals surface area contributed by atoms with Gasteiger partial charge in [0.05, 0.1) is 10.6 Å². The van der Waals surface area contributed by atoms with Crippen molar-refractivity contribution in [1.29, 1.82) is 0 Å². The Bertz CT molecular complexity index is 847. The summed E-state index contributed by atoms with van der Waals surface area (Å²) >= 11 is 11.4. The number of sulfonamides is 1. The van der Waals surface area contributed by atoms with Gasteiger partial charge in [-0.25, -0.2) is 8.42 Å². The molecule has 0 radical (unpaired) electrons. The third-order valence-electron chi connectivity index (χ3n) is 3.86. The van der Waals surface area contributed by atoms with Crippen LogP contribution in [-0.4, -0.2) is 19.7 Å². The van der Waals surface area contributed by atoms with Gasteiger partial charge in [0.2, 0.25) is 5.24 Å². The summed E-state index contributed by atoms with van der Waals surface area (Å²) in [6.45, 7) is 5.55. The average molecular weight is 400 g/mol. The monoisotopic (exact) mass is 399 g/mol. The number of nitrogens with zero attached hydrogens (tertiary/aromatic N) is 1. The lowest BCUT2D eigenvalue weighted by atomic mass is 10.0. The van der Waals surface area contributed by atoms with Crippen molar-refractivity contribution in [1.82, 2.24) is 0 Å². The molecule has 0 aliphatic carbocycles. The van der Waals surface area contributed by atoms with E-state index in [0.29, 0.717) is 16.6 Å². The molecule has 0 aliphatic rings. The first-order valence-electron chi connectivity index (χ1n) is 7.74. The van der Waals surface area contributed by atoms with E-state index < -0.39 is 21.3 Å². The first-order chi connectivity index (χ1) is 11.6. The fourth-order valence-corrected chi connectivity index (χ4v) is 4.29. The van der Waals surface area contributed by atoms with Gasteiger partial charge in [-0.15, -0.1) is 0 Å². The lowest BCUT2D eigenvalue weighted by molar-refractivity contribution is -0.112. The summed E-state index contributed by atoms with van der Waals surface area (Å²) in [4.78, 5) is 11.7. The van der Waals surface area contributed by atoms with Crippen molar-refractivity contribution in [3.8, 4) is 0 Å². The molecule has 0 saturated heterocycles. The number of benzene rings is 2. The van der Waals surface area contributed by atoms with Crippen LogP contribution in [0.15, 0.2) is 53.4 Å². The number of carbonyl (C=O) groups excluding carboxylic acids is 1. The highest BCUT2D eigenvalue weighted by Gasteiger charge is 2.32. The third kappa shape index (κ3) is 4.35. The zero-order valence-electron chi connectivity index (χ0n) is 14.1. The Hall–Kier alpha value is -1.56. The van der Waals surface area contributed by atoms with Gasteiger partial charge in [-0.3, -0.25) is 9.10 Å². The van der Waals surface area contributed by atoms with Gasteiger partial charge in [0.1, 0.15) is 6.04 Å². The summed E-state index contributed by atoms with van der Waals surface area (Å²) < 4.78 is 27.2. The zero-order chi connectivity index (χ0) is 18.8. The molecule has 1 atom stereocenters. The van der Waals surface area contributed by atoms with Crippen molar-refractivity contribution in [3.63, 3.8) is 0 Å². The molecule has 0 spiro atoms. The number of anilines is 1. The Morgan fingerprint density at radius 3 is 1.92 bits per heavy atom. The molecule has 2 rings (SSSR count). The van der Waals surface area contributed by atoms with E-state index >= 15 is 0 Å². The molecular formula is C18H19Cl2NO3S. The highest BCUT2D eigenvalue weighted by atomic mass is 35.5. The van der Waals surface area contributed by atoms with Gasteiger partial charge in [0.15, 0.2) is 0 Å². The quantitative estimate of drug-likeness (QED) is 0.654. The van der Waals surface area contributed by atoms with Crippen LogP contribution in [0.1, 0.15) is 32.3 Å². The van der Waals surface area contributed by atoms with Crippen molar-refractivity contribution in [2.75, 3.05) is 4.31 Å². The molecule has 4 nitrogen and oxygen atoms in total. The SMILES string of the molecule is CC(C)c1ccc(N(C(C)C(=O)Cl)S(=O)(=O)c2ccc(Cl)cc2)cc1. The van der Waals surface area contributed by atoms with Crippen molar-refractivity contribution in [3.05, 3.63) is 59.1 Å². The second kappa shape index (κ2) is 7.77. The fraction of sp³-hybridized carbons (Fsp3) is 0.278. The van der Waals surface area contributed by atoms with Gasteiger partial charge < -0.3 is 0 Å². The fourth-order valence-electron chi connectivity index (χ4n) is 2.39. The first-order valence-corrected chi connectivity index (χ1v) is 9.93. The smallest absolute Gasteiger partial charge is 0.265 e. The van der Waals surface area contributed by atoms with E-state index in [1.165, 1.54) is 31.2 Å². The molecule has 2 aromatic rings. The Morgan fingerprint density at radius 1 is 0.960 bits per heavy atom. The predicted octanol–water partition coefficient (Wildman–Crippen LogP) is 4.81. The van der Waals surface area contributed by atoms with E-state index in [-0.39, 0.29) is 4.90 Å². The van der Waals surface area contributed by atoms with Crippen LogP contribution in [0.3, 0.4) is 0 Å². The lowest BCUT2D eigenvalue weighted by Gasteiger charge is -2.28. The highest BCUT2D eigenvalue weighted by molar-refractivity contribution is 7.93. The maximum absolute atomic E-state index is 13.1. The molecule has 2 aromatic carbocycles. The molecule has 0 amide bonds. The molecule has 1 unspecified atom stereocenters. The standard InChI is InChI=1S/C18H19Cl2NO3S/c1-12(2)14-4-8-16(9-5-14)21(13(3)18(20)22)25(23,24)17-10-6-15(19)7-11-17/h4-13H,1-3H3. The van der Waals surface area contributed by atoms with Crippen molar-refractivity contribution < 1.29 is 13.2 Å². The van der Waals surface area contributed by atoms with Crippen molar-refractivity contribution in [2.45, 2.75) is 37.6 Å². The molecule has 25 heavy (non-hydrogen) atoms. The first kappa shape index (κ1) is 19.8. The van der Waals surface area contributed by atoms with Crippen LogP contribution < -0.4 is 4.31 Å². The van der Waals surface area contributed by atoms with Crippen molar-refractivity contribution in [2.24, 2.45) is 0 Å². The molecule has 134 valence electrons. The van der Waals surface area contributed by atoms with Crippen LogP contribution in [-0.2, 0) is 14.8 Å². The number of hydrogen-bond donors (Lipinski definition) is 0. The summed E-state index contributed by atoms with van der Waals surface area (Å²) in [6.07, 6.45) is 0. The summed E-state index contributed by atoms with van der Waals surface area (Å²) in [5.74, 6) is 0.308. The minimum atomic E-state index is -3.98. The molecule has 0 bridgehead atoms. The van der Waals surface area contributed by atoms with Crippen LogP contribution in [0, 0.1) is 0 Å². The zero-order valence-corrected chi connectivity index (χ0v) is 16.4. The van der Waals surface area contributed by atoms with E-state index in [4.69, 9.17) is 23.2 Å². The minimum Gasteiger partial charge on any atom is -0.279 e. The molecule has 0 saturated carbocycles. The molecule has 0 heterocycles. The van der Waals surface area contributed by atoms with Gasteiger partial charge in [0, 0.05) is 5.02 Å². The van der Waals surface area contributed by atoms with Gasteiger partial charge in [-0.1, -0.05) is 37.6 Å². The van der Waals surface area contributed by atoms with E-state index in [1.54, 1.807) is 12.1 Å². The molecule has 0 aromatic heterocycles. The van der Waals surface area contributed by atoms with E-state index in [9.17, 15) is 13.2 Å². The van der Waals surface area contributed by atoms with Gasteiger partial charge in [-0.05, 0) is 66.4 Å². The van der Waals surface area contributed by atoms with Gasteiger partial charge >= 0.3 is 0 Å². The molecule has 0 fully saturated rings. The maximum atomic E-state index is 13.1. The summed E-state index contributed by atoms with van der Waals surface area (Å²) in [5.41, 5.74) is 1.44. The molecule has 0 N–H and O–H groups in total. The maximum Gasteiger partial charge on any atom is 0.265 e. The number of halogens is 2. The van der Waals surface area contributed by atoms with E-state index in [2.05, 4.69) is 0 Å². The van der Waals surface area contributed by atoms with E-state index in [1.807, 2.05) is 26.0 Å². The predicted molar refractivity (Wildman–Crippen MR) is 102 cm³/mol. The number of hydrogen-bond acceptors (Lipinski definition) is 3. The van der Waals surface area contributed by atoms with Crippen molar-refractivity contribution >= 4 is 44.2 Å². The number of carbonyl (C=O) groups is 1. The third-order valence-corrected chi connectivity index (χ3v) is 6.35. The largest absolute Gasteiger partial charge is 0.279 e. The normalized spacial score (nSPS) is 12.9. The summed E-state index contributed by atoms with van der Waals surface area (Å²) in [5, 5.41) is -0.335. The molecule has 0 aliphatic heterocycles. The lowest BCUT2D eigenvalue weighted by Crippen LogP contribution is -2.42. The van der Waals surface area contributed by atoms with Crippen LogP contribution in [0.25, 0.3) is 0 Å². The number of rotatable bonds is 6. The summed E-state index contributed by atoms with van der Waals surface area (Å²) in [6, 6.07) is 11.8. The molecular weight excluding hydrogens is 381 g/mol. The average Bonchev–Trinajstić information content (AvgIpc) is 2.55. The van der Waals surface area contributed by atoms with Crippen LogP contribution in [0.5, 0.6) is 0 Å². The Kier molecular flexibility index (Phi) is 6.14.